The highest BCUT2D eigenvalue weighted by atomic mass is 16.3. The first kappa shape index (κ1) is 9.84. The molecule has 2 heterocycles. The third-order valence-corrected chi connectivity index (χ3v) is 2.60. The molecule has 0 bridgehead atoms. The summed E-state index contributed by atoms with van der Waals surface area (Å²) < 4.78 is 5.64. The Labute approximate surface area is 98.1 Å². The number of nitrogens with zero attached hydrogens (tertiary/aromatic N) is 2. The van der Waals surface area contributed by atoms with Gasteiger partial charge in [-0.2, -0.15) is 4.98 Å². The molecule has 2 aromatic heterocycles. The Bertz CT molecular complexity index is 655. The smallest absolute Gasteiger partial charge is 0.230 e. The zero-order chi connectivity index (χ0) is 11.8. The van der Waals surface area contributed by atoms with Gasteiger partial charge in [-0.3, -0.25) is 0 Å². The Morgan fingerprint density at radius 3 is 2.94 bits per heavy atom. The van der Waals surface area contributed by atoms with Gasteiger partial charge in [0.2, 0.25) is 5.89 Å². The number of rotatable bonds is 1. The molecule has 0 spiro atoms. The predicted molar refractivity (Wildman–Crippen MR) is 66.4 cm³/mol. The van der Waals surface area contributed by atoms with Gasteiger partial charge in [-0.25, -0.2) is 4.98 Å². The number of oxazole rings is 1. The second kappa shape index (κ2) is 3.59. The number of hydrogen-bond donors (Lipinski definition) is 1. The van der Waals surface area contributed by atoms with Crippen molar-refractivity contribution in [2.45, 2.75) is 6.92 Å². The summed E-state index contributed by atoms with van der Waals surface area (Å²) in [7, 11) is 0. The van der Waals surface area contributed by atoms with Crippen molar-refractivity contribution in [2.24, 2.45) is 0 Å². The lowest BCUT2D eigenvalue weighted by Crippen LogP contribution is -1.90. The molecule has 0 aliphatic heterocycles. The topological polar surface area (TPSA) is 64.9 Å². The minimum Gasteiger partial charge on any atom is -0.434 e. The summed E-state index contributed by atoms with van der Waals surface area (Å²) in [5, 5.41) is 0. The molecule has 4 heteroatoms. The lowest BCUT2D eigenvalue weighted by Gasteiger charge is -2.01. The molecule has 0 aliphatic rings. The first-order chi connectivity index (χ1) is 8.24. The molecular weight excluding hydrogens is 214 g/mol. The molecule has 0 aliphatic carbocycles. The van der Waals surface area contributed by atoms with E-state index in [4.69, 9.17) is 10.2 Å². The maximum Gasteiger partial charge on any atom is 0.230 e. The van der Waals surface area contributed by atoms with Gasteiger partial charge in [0, 0.05) is 11.9 Å². The number of hydrogen-bond acceptors (Lipinski definition) is 4. The van der Waals surface area contributed by atoms with Crippen LogP contribution in [0, 0.1) is 6.92 Å². The summed E-state index contributed by atoms with van der Waals surface area (Å²) in [6.45, 7) is 2.00. The number of nitrogen functional groups attached to an aromatic ring is 1. The lowest BCUT2D eigenvalue weighted by atomic mass is 10.1. The second-order valence-electron chi connectivity index (χ2n) is 3.93. The minimum absolute atomic E-state index is 0.514. The zero-order valence-corrected chi connectivity index (χ0v) is 9.34. The maximum absolute atomic E-state index is 5.92. The van der Waals surface area contributed by atoms with Crippen molar-refractivity contribution in [3.63, 3.8) is 0 Å². The largest absolute Gasteiger partial charge is 0.434 e. The van der Waals surface area contributed by atoms with Crippen LogP contribution in [-0.2, 0) is 0 Å². The van der Waals surface area contributed by atoms with E-state index < -0.39 is 0 Å². The van der Waals surface area contributed by atoms with Crippen LogP contribution in [0.25, 0.3) is 22.7 Å². The molecule has 0 fully saturated rings. The molecule has 17 heavy (non-hydrogen) atoms. The fraction of sp³-hybridized carbons (Fsp3) is 0.0769. The van der Waals surface area contributed by atoms with Gasteiger partial charge in [0.05, 0.1) is 5.56 Å². The number of nitrogens with two attached hydrogens (primary N) is 1. The SMILES string of the molecule is Cc1ccc(N)c(-c2nc3ncccc3o2)c1. The molecule has 3 aromatic rings. The van der Waals surface area contributed by atoms with Crippen LogP contribution in [0.15, 0.2) is 40.9 Å². The average Bonchev–Trinajstić information content (AvgIpc) is 2.75. The van der Waals surface area contributed by atoms with Crippen LogP contribution in [0.1, 0.15) is 5.56 Å². The molecule has 0 atom stereocenters. The van der Waals surface area contributed by atoms with Crippen LogP contribution in [0.5, 0.6) is 0 Å². The molecule has 4 nitrogen and oxygen atoms in total. The minimum atomic E-state index is 0.514. The molecule has 84 valence electrons. The summed E-state index contributed by atoms with van der Waals surface area (Å²) in [4.78, 5) is 8.46. The highest BCUT2D eigenvalue weighted by molar-refractivity contribution is 5.77. The van der Waals surface area contributed by atoms with E-state index >= 15 is 0 Å². The van der Waals surface area contributed by atoms with E-state index in [0.717, 1.165) is 11.1 Å². The van der Waals surface area contributed by atoms with E-state index in [9.17, 15) is 0 Å². The van der Waals surface area contributed by atoms with Gasteiger partial charge in [0.25, 0.3) is 0 Å². The molecule has 0 unspecified atom stereocenters. The summed E-state index contributed by atoms with van der Waals surface area (Å²) >= 11 is 0. The van der Waals surface area contributed by atoms with Crippen molar-refractivity contribution >= 4 is 16.9 Å². The van der Waals surface area contributed by atoms with Gasteiger partial charge in [-0.05, 0) is 31.2 Å². The number of fused-ring (bicyclic) bond motifs is 1. The van der Waals surface area contributed by atoms with Crippen molar-refractivity contribution < 1.29 is 4.42 Å². The molecule has 3 rings (SSSR count). The Balaban J connectivity index is 2.23. The summed E-state index contributed by atoms with van der Waals surface area (Å²) in [6.07, 6.45) is 1.69. The highest BCUT2D eigenvalue weighted by Gasteiger charge is 2.11. The average molecular weight is 225 g/mol. The number of aromatic nitrogens is 2. The quantitative estimate of drug-likeness (QED) is 0.647. The summed E-state index contributed by atoms with van der Waals surface area (Å²) in [6, 6.07) is 9.43. The molecule has 0 saturated heterocycles. The fourth-order valence-electron chi connectivity index (χ4n) is 1.74. The first-order valence-corrected chi connectivity index (χ1v) is 5.32. The maximum atomic E-state index is 5.92. The molecule has 1 aromatic carbocycles. The molecular formula is C13H11N3O. The van der Waals surface area contributed by atoms with Crippen LogP contribution in [0.2, 0.25) is 0 Å². The van der Waals surface area contributed by atoms with Crippen LogP contribution in [0.4, 0.5) is 5.69 Å². The summed E-state index contributed by atoms with van der Waals surface area (Å²) in [5.74, 6) is 0.514. The Hall–Kier alpha value is -2.36. The van der Waals surface area contributed by atoms with E-state index in [-0.39, 0.29) is 0 Å². The lowest BCUT2D eigenvalue weighted by molar-refractivity contribution is 0.620. The number of aryl methyl sites for hydroxylation is 1. The van der Waals surface area contributed by atoms with Crippen molar-refractivity contribution in [3.8, 4) is 11.5 Å². The Morgan fingerprint density at radius 1 is 1.24 bits per heavy atom. The van der Waals surface area contributed by atoms with E-state index in [2.05, 4.69) is 9.97 Å². The van der Waals surface area contributed by atoms with E-state index in [0.29, 0.717) is 22.8 Å². The highest BCUT2D eigenvalue weighted by Crippen LogP contribution is 2.28. The van der Waals surface area contributed by atoms with Crippen molar-refractivity contribution in [3.05, 3.63) is 42.1 Å². The second-order valence-corrected chi connectivity index (χ2v) is 3.93. The number of anilines is 1. The van der Waals surface area contributed by atoms with E-state index in [1.54, 1.807) is 6.20 Å². The first-order valence-electron chi connectivity index (χ1n) is 5.32. The Morgan fingerprint density at radius 2 is 2.12 bits per heavy atom. The summed E-state index contributed by atoms with van der Waals surface area (Å²) in [5.41, 5.74) is 9.77. The van der Waals surface area contributed by atoms with E-state index in [1.807, 2.05) is 37.3 Å². The molecule has 0 radical (unpaired) electrons. The van der Waals surface area contributed by atoms with Crippen LogP contribution in [-0.4, -0.2) is 9.97 Å². The van der Waals surface area contributed by atoms with Crippen LogP contribution in [0.3, 0.4) is 0 Å². The van der Waals surface area contributed by atoms with Gasteiger partial charge < -0.3 is 10.2 Å². The van der Waals surface area contributed by atoms with Crippen molar-refractivity contribution in [2.75, 3.05) is 5.73 Å². The third-order valence-electron chi connectivity index (χ3n) is 2.60. The fourth-order valence-corrected chi connectivity index (χ4v) is 1.74. The van der Waals surface area contributed by atoms with Gasteiger partial charge in [0.15, 0.2) is 11.2 Å². The van der Waals surface area contributed by atoms with Crippen molar-refractivity contribution in [1.82, 2.24) is 9.97 Å². The van der Waals surface area contributed by atoms with Crippen LogP contribution < -0.4 is 5.73 Å². The molecule has 2 N–H and O–H groups in total. The van der Waals surface area contributed by atoms with Gasteiger partial charge >= 0.3 is 0 Å². The molecule has 0 saturated carbocycles. The van der Waals surface area contributed by atoms with Gasteiger partial charge in [0.1, 0.15) is 0 Å². The van der Waals surface area contributed by atoms with Crippen LogP contribution >= 0.6 is 0 Å². The number of pyridine rings is 1. The monoisotopic (exact) mass is 225 g/mol. The standard InChI is InChI=1S/C13H11N3O/c1-8-4-5-10(14)9(7-8)13-16-12-11(17-13)3-2-6-15-12/h2-7H,14H2,1H3. The van der Waals surface area contributed by atoms with Gasteiger partial charge in [-0.1, -0.05) is 11.6 Å². The normalized spacial score (nSPS) is 10.9. The third kappa shape index (κ3) is 1.63. The Kier molecular flexibility index (Phi) is 2.08. The van der Waals surface area contributed by atoms with Crippen molar-refractivity contribution in [1.29, 1.82) is 0 Å². The number of benzene rings is 1. The predicted octanol–water partition coefficient (Wildman–Crippen LogP) is 2.78. The van der Waals surface area contributed by atoms with Gasteiger partial charge in [-0.15, -0.1) is 0 Å². The van der Waals surface area contributed by atoms with E-state index in [1.165, 1.54) is 0 Å². The zero-order valence-electron chi connectivity index (χ0n) is 9.34. The molecule has 0 amide bonds.